The number of carbonyl (C=O) groups excluding carboxylic acids is 2. The van der Waals surface area contributed by atoms with E-state index in [4.69, 9.17) is 16.3 Å². The first-order valence-electron chi connectivity index (χ1n) is 6.06. The predicted molar refractivity (Wildman–Crippen MR) is 73.8 cm³/mol. The third kappa shape index (κ3) is 2.65. The van der Waals surface area contributed by atoms with Gasteiger partial charge in [-0.25, -0.2) is 0 Å². The Hall–Kier alpha value is -1.39. The number of methoxy groups -OCH3 is 1. The van der Waals surface area contributed by atoms with Crippen LogP contribution in [0.2, 0.25) is 5.02 Å². The normalized spacial score (nSPS) is 15.1. The first-order chi connectivity index (χ1) is 8.85. The van der Waals surface area contributed by atoms with Crippen LogP contribution >= 0.6 is 11.6 Å². The van der Waals surface area contributed by atoms with Crippen molar-refractivity contribution in [1.29, 1.82) is 0 Å². The highest BCUT2D eigenvalue weighted by molar-refractivity contribution is 6.52. The van der Waals surface area contributed by atoms with Gasteiger partial charge in [-0.3, -0.25) is 9.59 Å². The van der Waals surface area contributed by atoms with E-state index < -0.39 is 11.7 Å². The van der Waals surface area contributed by atoms with E-state index in [0.29, 0.717) is 29.2 Å². The second-order valence-electron chi connectivity index (χ2n) is 5.16. The van der Waals surface area contributed by atoms with Crippen LogP contribution in [0.4, 0.5) is 5.69 Å². The van der Waals surface area contributed by atoms with Gasteiger partial charge in [-0.15, -0.1) is 0 Å². The van der Waals surface area contributed by atoms with Crippen LogP contribution in [0.1, 0.15) is 30.6 Å². The van der Waals surface area contributed by atoms with Crippen molar-refractivity contribution >= 4 is 29.0 Å². The molecule has 19 heavy (non-hydrogen) atoms. The largest absolute Gasteiger partial charge is 0.379 e. The number of Topliss-reactive ketones (excluding diaryl/α,β-unsaturated/α-hetero) is 1. The van der Waals surface area contributed by atoms with E-state index in [1.54, 1.807) is 25.3 Å². The van der Waals surface area contributed by atoms with Gasteiger partial charge in [0.05, 0.1) is 16.9 Å². The molecule has 0 N–H and O–H groups in total. The lowest BCUT2D eigenvalue weighted by atomic mass is 10.1. The molecule has 1 amide bonds. The average Bonchev–Trinajstić information content (AvgIpc) is 2.60. The molecule has 0 radical (unpaired) electrons. The van der Waals surface area contributed by atoms with Crippen molar-refractivity contribution in [3.8, 4) is 0 Å². The highest BCUT2D eigenvalue weighted by atomic mass is 35.5. The zero-order chi connectivity index (χ0) is 14.2. The molecule has 1 aromatic rings. The average molecular weight is 282 g/mol. The van der Waals surface area contributed by atoms with Crippen LogP contribution < -0.4 is 4.90 Å². The molecular formula is C14H16ClNO3. The number of ketones is 1. The molecule has 1 aliphatic rings. The number of fused-ring (bicyclic) bond motifs is 1. The minimum Gasteiger partial charge on any atom is -0.379 e. The minimum atomic E-state index is -0.496. The summed E-state index contributed by atoms with van der Waals surface area (Å²) in [6.45, 7) is 4.31. The van der Waals surface area contributed by atoms with Crippen LogP contribution in [-0.2, 0) is 9.53 Å². The number of ether oxygens (including phenoxy) is 1. The number of carbonyl (C=O) groups is 2. The van der Waals surface area contributed by atoms with E-state index in [1.165, 1.54) is 4.90 Å². The molecule has 0 fully saturated rings. The Morgan fingerprint density at radius 1 is 1.32 bits per heavy atom. The molecule has 0 bridgehead atoms. The van der Waals surface area contributed by atoms with E-state index in [1.807, 2.05) is 13.8 Å². The molecule has 0 unspecified atom stereocenters. The fraction of sp³-hybridized carbons (Fsp3) is 0.429. The van der Waals surface area contributed by atoms with E-state index in [0.717, 1.165) is 0 Å². The zero-order valence-corrected chi connectivity index (χ0v) is 12.0. The van der Waals surface area contributed by atoms with Crippen molar-refractivity contribution in [1.82, 2.24) is 0 Å². The minimum absolute atomic E-state index is 0.343. The van der Waals surface area contributed by atoms with Gasteiger partial charge in [0.2, 0.25) is 0 Å². The molecule has 1 aliphatic heterocycles. The quantitative estimate of drug-likeness (QED) is 0.797. The molecule has 1 aromatic carbocycles. The fourth-order valence-electron chi connectivity index (χ4n) is 1.97. The maximum Gasteiger partial charge on any atom is 0.299 e. The number of hydrogen-bond donors (Lipinski definition) is 0. The predicted octanol–water partition coefficient (Wildman–Crippen LogP) is 2.68. The van der Waals surface area contributed by atoms with Crippen molar-refractivity contribution in [3.05, 3.63) is 28.8 Å². The molecule has 1 heterocycles. The van der Waals surface area contributed by atoms with Crippen molar-refractivity contribution in [2.75, 3.05) is 18.6 Å². The SMILES string of the molecule is COC(C)(C)CCN1C(=O)C(=O)c2ccc(Cl)cc21. The molecule has 0 aliphatic carbocycles. The van der Waals surface area contributed by atoms with Crippen molar-refractivity contribution in [2.45, 2.75) is 25.9 Å². The number of halogens is 1. The Balaban J connectivity index is 2.26. The summed E-state index contributed by atoms with van der Waals surface area (Å²) in [7, 11) is 1.63. The van der Waals surface area contributed by atoms with Crippen LogP contribution in [0.15, 0.2) is 18.2 Å². The summed E-state index contributed by atoms with van der Waals surface area (Å²) in [5.41, 5.74) is 0.670. The third-order valence-electron chi connectivity index (χ3n) is 3.42. The fourth-order valence-corrected chi connectivity index (χ4v) is 2.14. The van der Waals surface area contributed by atoms with Crippen molar-refractivity contribution < 1.29 is 14.3 Å². The molecule has 0 saturated carbocycles. The van der Waals surface area contributed by atoms with E-state index >= 15 is 0 Å². The van der Waals surface area contributed by atoms with Crippen LogP contribution in [0, 0.1) is 0 Å². The Bertz CT molecular complexity index is 539. The Morgan fingerprint density at radius 3 is 2.63 bits per heavy atom. The molecule has 102 valence electrons. The van der Waals surface area contributed by atoms with Gasteiger partial charge in [-0.1, -0.05) is 11.6 Å². The van der Waals surface area contributed by atoms with E-state index in [-0.39, 0.29) is 5.60 Å². The van der Waals surface area contributed by atoms with Crippen LogP contribution in [0.3, 0.4) is 0 Å². The zero-order valence-electron chi connectivity index (χ0n) is 11.2. The van der Waals surface area contributed by atoms with Gasteiger partial charge in [-0.2, -0.15) is 0 Å². The highest BCUT2D eigenvalue weighted by Gasteiger charge is 2.36. The lowest BCUT2D eigenvalue weighted by Crippen LogP contribution is -2.35. The Morgan fingerprint density at radius 2 is 2.00 bits per heavy atom. The smallest absolute Gasteiger partial charge is 0.299 e. The first-order valence-corrected chi connectivity index (χ1v) is 6.44. The Kier molecular flexibility index (Phi) is 3.65. The number of anilines is 1. The van der Waals surface area contributed by atoms with Gasteiger partial charge in [-0.05, 0) is 38.5 Å². The molecule has 2 rings (SSSR count). The lowest BCUT2D eigenvalue weighted by Gasteiger charge is -2.26. The van der Waals surface area contributed by atoms with Crippen LogP contribution in [0.25, 0.3) is 0 Å². The maximum atomic E-state index is 12.0. The number of nitrogens with zero attached hydrogens (tertiary/aromatic N) is 1. The second-order valence-corrected chi connectivity index (χ2v) is 5.60. The van der Waals surface area contributed by atoms with Crippen molar-refractivity contribution in [2.24, 2.45) is 0 Å². The number of benzene rings is 1. The standard InChI is InChI=1S/C14H16ClNO3/c1-14(2,19-3)6-7-16-11-8-9(15)4-5-10(11)12(17)13(16)18/h4-5,8H,6-7H2,1-3H3. The van der Waals surface area contributed by atoms with E-state index in [9.17, 15) is 9.59 Å². The summed E-state index contributed by atoms with van der Waals surface area (Å²) < 4.78 is 5.32. The summed E-state index contributed by atoms with van der Waals surface area (Å²) in [4.78, 5) is 25.3. The summed E-state index contributed by atoms with van der Waals surface area (Å²) in [6, 6.07) is 4.87. The molecule has 4 nitrogen and oxygen atoms in total. The van der Waals surface area contributed by atoms with Gasteiger partial charge < -0.3 is 9.64 Å². The summed E-state index contributed by atoms with van der Waals surface area (Å²) in [6.07, 6.45) is 0.633. The molecule has 0 spiro atoms. The summed E-state index contributed by atoms with van der Waals surface area (Å²) in [5.74, 6) is -0.967. The molecular weight excluding hydrogens is 266 g/mol. The molecule has 0 atom stereocenters. The lowest BCUT2D eigenvalue weighted by molar-refractivity contribution is -0.114. The van der Waals surface area contributed by atoms with Gasteiger partial charge in [0.25, 0.3) is 11.7 Å². The topological polar surface area (TPSA) is 46.6 Å². The molecule has 0 aromatic heterocycles. The van der Waals surface area contributed by atoms with Crippen LogP contribution in [0.5, 0.6) is 0 Å². The first kappa shape index (κ1) is 14.0. The number of amides is 1. The maximum absolute atomic E-state index is 12.0. The summed E-state index contributed by atoms with van der Waals surface area (Å²) in [5, 5.41) is 0.511. The molecule has 0 saturated heterocycles. The number of rotatable bonds is 4. The summed E-state index contributed by atoms with van der Waals surface area (Å²) >= 11 is 5.93. The van der Waals surface area contributed by atoms with E-state index in [2.05, 4.69) is 0 Å². The number of hydrogen-bond acceptors (Lipinski definition) is 3. The monoisotopic (exact) mass is 281 g/mol. The van der Waals surface area contributed by atoms with Crippen molar-refractivity contribution in [3.63, 3.8) is 0 Å². The van der Waals surface area contributed by atoms with Crippen LogP contribution in [-0.4, -0.2) is 30.9 Å². The second kappa shape index (κ2) is 4.94. The van der Waals surface area contributed by atoms with Gasteiger partial charge >= 0.3 is 0 Å². The third-order valence-corrected chi connectivity index (χ3v) is 3.66. The highest BCUT2D eigenvalue weighted by Crippen LogP contribution is 2.32. The van der Waals surface area contributed by atoms with Gasteiger partial charge in [0.15, 0.2) is 0 Å². The van der Waals surface area contributed by atoms with Gasteiger partial charge in [0, 0.05) is 18.7 Å². The Labute approximate surface area is 117 Å². The van der Waals surface area contributed by atoms with Gasteiger partial charge in [0.1, 0.15) is 0 Å². The molecule has 5 heteroatoms.